The zero-order valence-electron chi connectivity index (χ0n) is 18.6. The second kappa shape index (κ2) is 8.39. The van der Waals surface area contributed by atoms with Crippen molar-refractivity contribution in [3.8, 4) is 22.7 Å². The summed E-state index contributed by atoms with van der Waals surface area (Å²) in [6.07, 6.45) is 4.66. The molecule has 164 valence electrons. The van der Waals surface area contributed by atoms with Crippen molar-refractivity contribution >= 4 is 16.7 Å². The Labute approximate surface area is 190 Å². The highest BCUT2D eigenvalue weighted by Crippen LogP contribution is 2.33. The smallest absolute Gasteiger partial charge is 0.196 e. The van der Waals surface area contributed by atoms with Gasteiger partial charge in [0.1, 0.15) is 29.0 Å². The quantitative estimate of drug-likeness (QED) is 0.347. The molecule has 0 bridgehead atoms. The maximum Gasteiger partial charge on any atom is 0.196 e. The molecule has 5 rings (SSSR count). The molecule has 3 heterocycles. The van der Waals surface area contributed by atoms with Gasteiger partial charge in [0, 0.05) is 22.9 Å². The fourth-order valence-electron chi connectivity index (χ4n) is 4.12. The van der Waals surface area contributed by atoms with Gasteiger partial charge in [-0.25, -0.2) is 4.98 Å². The number of aryl methyl sites for hydroxylation is 1. The third-order valence-electron chi connectivity index (χ3n) is 5.75. The summed E-state index contributed by atoms with van der Waals surface area (Å²) in [5.41, 5.74) is 6.09. The lowest BCUT2D eigenvalue weighted by Crippen LogP contribution is -2.13. The van der Waals surface area contributed by atoms with E-state index in [1.807, 2.05) is 69.3 Å². The van der Waals surface area contributed by atoms with E-state index >= 15 is 0 Å². The summed E-state index contributed by atoms with van der Waals surface area (Å²) in [5, 5.41) is 4.10. The van der Waals surface area contributed by atoms with E-state index in [1.165, 1.54) is 6.39 Å². The number of rotatable bonds is 5. The second-order valence-corrected chi connectivity index (χ2v) is 8.12. The molecular weight excluding hydrogens is 414 g/mol. The molecule has 3 aromatic heterocycles. The van der Waals surface area contributed by atoms with Crippen LogP contribution in [0.15, 0.2) is 87.1 Å². The molecule has 33 heavy (non-hydrogen) atoms. The lowest BCUT2D eigenvalue weighted by atomic mass is 9.98. The van der Waals surface area contributed by atoms with Gasteiger partial charge in [-0.05, 0) is 44.5 Å². The van der Waals surface area contributed by atoms with Crippen LogP contribution in [0.4, 0.5) is 5.69 Å². The van der Waals surface area contributed by atoms with Gasteiger partial charge in [0.2, 0.25) is 0 Å². The van der Waals surface area contributed by atoms with Crippen molar-refractivity contribution in [2.45, 2.75) is 26.8 Å². The Hall–Kier alpha value is -4.19. The Morgan fingerprint density at radius 1 is 1.00 bits per heavy atom. The highest BCUT2D eigenvalue weighted by atomic mass is 16.3. The normalized spacial score (nSPS) is 12.1. The molecule has 1 N–H and O–H groups in total. The van der Waals surface area contributed by atoms with Crippen LogP contribution in [0.1, 0.15) is 29.7 Å². The largest absolute Gasteiger partial charge is 0.455 e. The average Bonchev–Trinajstić information content (AvgIpc) is 3.37. The third kappa shape index (κ3) is 3.80. The number of anilines is 1. The molecule has 6 nitrogen and oxygen atoms in total. The number of aromatic nitrogens is 2. The Morgan fingerprint density at radius 2 is 1.82 bits per heavy atom. The number of nitrogens with zero attached hydrogens (tertiary/aromatic N) is 2. The van der Waals surface area contributed by atoms with E-state index in [-0.39, 0.29) is 11.5 Å². The van der Waals surface area contributed by atoms with Gasteiger partial charge in [0.15, 0.2) is 11.8 Å². The molecule has 6 heteroatoms. The third-order valence-corrected chi connectivity index (χ3v) is 5.75. The fourth-order valence-corrected chi connectivity index (χ4v) is 4.12. The Bertz CT molecular complexity index is 1490. The summed E-state index contributed by atoms with van der Waals surface area (Å²) < 4.78 is 11.6. The van der Waals surface area contributed by atoms with Crippen molar-refractivity contribution in [3.63, 3.8) is 0 Å². The van der Waals surface area contributed by atoms with Crippen molar-refractivity contribution in [2.24, 2.45) is 0 Å². The van der Waals surface area contributed by atoms with Crippen LogP contribution in [-0.4, -0.2) is 9.97 Å². The minimum absolute atomic E-state index is 0.0167. The topological polar surface area (TPSA) is 81.2 Å². The minimum Gasteiger partial charge on any atom is -0.455 e. The number of fused-ring (bicyclic) bond motifs is 1. The van der Waals surface area contributed by atoms with E-state index in [2.05, 4.69) is 21.4 Å². The van der Waals surface area contributed by atoms with Crippen molar-refractivity contribution < 1.29 is 8.83 Å². The van der Waals surface area contributed by atoms with Gasteiger partial charge in [0.05, 0.1) is 17.1 Å². The van der Waals surface area contributed by atoms with Gasteiger partial charge in [0.25, 0.3) is 0 Å². The standard InChI is InChI=1S/C27H23N3O3/c1-16-12-20(18(3)30-22-10-7-11-28-24(22)23-14-32-15-29-23)27-21(13-16)25(31)17(2)26(33-27)19-8-5-4-6-9-19/h4-15,18,30H,1-3H3/t18-/m1/s1. The lowest BCUT2D eigenvalue weighted by molar-refractivity contribution is 0.558. The van der Waals surface area contributed by atoms with E-state index in [9.17, 15) is 4.79 Å². The van der Waals surface area contributed by atoms with Crippen molar-refractivity contribution in [3.05, 3.63) is 100 Å². The maximum atomic E-state index is 13.3. The number of benzene rings is 2. The molecule has 2 aromatic carbocycles. The Morgan fingerprint density at radius 3 is 2.58 bits per heavy atom. The number of nitrogens with one attached hydrogen (secondary N) is 1. The molecule has 0 aliphatic heterocycles. The van der Waals surface area contributed by atoms with Crippen LogP contribution in [0.2, 0.25) is 0 Å². The summed E-state index contributed by atoms with van der Waals surface area (Å²) in [6.45, 7) is 5.84. The van der Waals surface area contributed by atoms with E-state index < -0.39 is 0 Å². The fraction of sp³-hybridized carbons (Fsp3) is 0.148. The molecule has 0 unspecified atom stereocenters. The lowest BCUT2D eigenvalue weighted by Gasteiger charge is -2.20. The van der Waals surface area contributed by atoms with Crippen molar-refractivity contribution in [1.82, 2.24) is 9.97 Å². The zero-order chi connectivity index (χ0) is 22.9. The predicted octanol–water partition coefficient (Wildman–Crippen LogP) is 6.30. The van der Waals surface area contributed by atoms with Crippen LogP contribution in [0, 0.1) is 13.8 Å². The molecule has 0 amide bonds. The zero-order valence-corrected chi connectivity index (χ0v) is 18.6. The Kier molecular flexibility index (Phi) is 5.26. The van der Waals surface area contributed by atoms with Gasteiger partial charge in [-0.1, -0.05) is 36.4 Å². The first kappa shape index (κ1) is 20.7. The van der Waals surface area contributed by atoms with E-state index in [1.54, 1.807) is 12.5 Å². The van der Waals surface area contributed by atoms with Gasteiger partial charge >= 0.3 is 0 Å². The summed E-state index contributed by atoms with van der Waals surface area (Å²) in [5.74, 6) is 0.593. The number of pyridine rings is 1. The number of oxazole rings is 1. The van der Waals surface area contributed by atoms with E-state index in [0.717, 1.165) is 22.4 Å². The molecule has 1 atom stereocenters. The monoisotopic (exact) mass is 437 g/mol. The second-order valence-electron chi connectivity index (χ2n) is 8.12. The van der Waals surface area contributed by atoms with Gasteiger partial charge < -0.3 is 14.2 Å². The first-order chi connectivity index (χ1) is 16.0. The van der Waals surface area contributed by atoms with Crippen LogP contribution in [0.25, 0.3) is 33.7 Å². The van der Waals surface area contributed by atoms with Gasteiger partial charge in [-0.15, -0.1) is 0 Å². The van der Waals surface area contributed by atoms with Gasteiger partial charge in [-0.3, -0.25) is 9.78 Å². The highest BCUT2D eigenvalue weighted by Gasteiger charge is 2.20. The molecule has 0 saturated heterocycles. The molecular formula is C27H23N3O3. The molecule has 5 aromatic rings. The summed E-state index contributed by atoms with van der Waals surface area (Å²) in [6, 6.07) is 17.3. The molecule has 0 saturated carbocycles. The van der Waals surface area contributed by atoms with Crippen LogP contribution < -0.4 is 10.7 Å². The summed E-state index contributed by atoms with van der Waals surface area (Å²) in [4.78, 5) is 22.0. The number of hydrogen-bond donors (Lipinski definition) is 1. The van der Waals surface area contributed by atoms with Crippen LogP contribution in [0.3, 0.4) is 0 Å². The average molecular weight is 437 g/mol. The Balaban J connectivity index is 1.64. The summed E-state index contributed by atoms with van der Waals surface area (Å²) in [7, 11) is 0. The SMILES string of the molecule is Cc1cc([C@@H](C)Nc2cccnc2-c2cocn2)c2oc(-c3ccccc3)c(C)c(=O)c2c1. The first-order valence-electron chi connectivity index (χ1n) is 10.8. The first-order valence-corrected chi connectivity index (χ1v) is 10.8. The van der Waals surface area contributed by atoms with Crippen molar-refractivity contribution in [1.29, 1.82) is 0 Å². The van der Waals surface area contributed by atoms with Crippen LogP contribution >= 0.6 is 0 Å². The van der Waals surface area contributed by atoms with E-state index in [4.69, 9.17) is 8.83 Å². The highest BCUT2D eigenvalue weighted by molar-refractivity contribution is 5.85. The van der Waals surface area contributed by atoms with Gasteiger partial charge in [-0.2, -0.15) is 0 Å². The van der Waals surface area contributed by atoms with Crippen molar-refractivity contribution in [2.75, 3.05) is 5.32 Å². The molecule has 0 radical (unpaired) electrons. The predicted molar refractivity (Wildman–Crippen MR) is 129 cm³/mol. The number of hydrogen-bond acceptors (Lipinski definition) is 6. The van der Waals surface area contributed by atoms with E-state index in [0.29, 0.717) is 33.7 Å². The molecule has 0 fully saturated rings. The molecule has 0 aliphatic rings. The molecule has 0 spiro atoms. The van der Waals surface area contributed by atoms with Crippen LogP contribution in [0.5, 0.6) is 0 Å². The summed E-state index contributed by atoms with van der Waals surface area (Å²) >= 11 is 0. The van der Waals surface area contributed by atoms with Crippen LogP contribution in [-0.2, 0) is 0 Å². The maximum absolute atomic E-state index is 13.3. The minimum atomic E-state index is -0.170. The molecule has 0 aliphatic carbocycles.